The van der Waals surface area contributed by atoms with E-state index >= 15 is 0 Å². The lowest BCUT2D eigenvalue weighted by atomic mass is 9.88. The predicted octanol–water partition coefficient (Wildman–Crippen LogP) is 3.28. The van der Waals surface area contributed by atoms with Crippen molar-refractivity contribution in [2.24, 2.45) is 0 Å². The minimum Gasteiger partial charge on any atom is -0.478 e. The number of rotatable bonds is 37. The van der Waals surface area contributed by atoms with E-state index in [-0.39, 0.29) is 139 Å². The maximum atomic E-state index is 13.4. The van der Waals surface area contributed by atoms with E-state index in [4.69, 9.17) is 74.5 Å². The fourth-order valence-corrected chi connectivity index (χ4v) is 14.5. The van der Waals surface area contributed by atoms with Crippen LogP contribution in [0.4, 0.5) is 16.3 Å². The second kappa shape index (κ2) is 38.9. The van der Waals surface area contributed by atoms with E-state index in [9.17, 15) is 78.5 Å². The van der Waals surface area contributed by atoms with Crippen molar-refractivity contribution in [1.82, 2.24) is 14.9 Å². The third-order valence-corrected chi connectivity index (χ3v) is 20.4. The molecule has 0 bridgehead atoms. The largest absolute Gasteiger partial charge is 0.490 e. The molecule has 1 amide bonds. The molecular formula is C56H76N6O30P3S6+. The summed E-state index contributed by atoms with van der Waals surface area (Å²) in [7, 11) is -26.3. The zero-order chi connectivity index (χ0) is 75.3. The number of nitrogens with one attached hydrogen (secondary N) is 2. The van der Waals surface area contributed by atoms with Crippen LogP contribution >= 0.6 is 48.7 Å². The Hall–Kier alpha value is -5.65. The quantitative estimate of drug-likeness (QED) is 0.00259. The summed E-state index contributed by atoms with van der Waals surface area (Å²) in [5.74, 6) is 2.81. The number of carboxylic acids is 1. The number of anilines is 2. The summed E-state index contributed by atoms with van der Waals surface area (Å²) in [4.78, 5) is 103. The van der Waals surface area contributed by atoms with Gasteiger partial charge in [-0.3, -0.25) is 27.8 Å². The molecule has 3 aliphatic rings. The van der Waals surface area contributed by atoms with Crippen molar-refractivity contribution in [1.29, 1.82) is 0 Å². The highest BCUT2D eigenvalue weighted by atomic mass is 32.8. The molecule has 1 saturated heterocycles. The zero-order valence-corrected chi connectivity index (χ0v) is 62.0. The first kappa shape index (κ1) is 86.0. The molecule has 0 spiro atoms. The summed E-state index contributed by atoms with van der Waals surface area (Å²) in [6.07, 6.45) is 1.57. The first-order valence-electron chi connectivity index (χ1n) is 29.7. The Bertz CT molecular complexity index is 4370. The number of Topliss-reactive ketones (excluding diaryl/α,β-unsaturated/α-hetero) is 1. The van der Waals surface area contributed by atoms with Gasteiger partial charge in [0.05, 0.1) is 80.9 Å². The molecule has 6 atom stereocenters. The molecule has 101 heavy (non-hydrogen) atoms. The molecule has 0 saturated carbocycles. The SMILES string of the molecule is CS(=S)CO[C@H]1C[C@H](n2cc(C#CCCC(=O)OCCCCOCS)c(N)nc2=O)O[C@@H]1COP(=O)(O)OP(=O)(O)OP(=O)(O)O.C[NH+]=c1ccc2c(-c3cc(C(=O)CCCOCCOCCNC(=O)OCCC(C)(C)S)ccc3C(=O)O)c3ccc(N)c(S(=O)(=O)O)c3oc-2c1S(=O)(=O)O. The van der Waals surface area contributed by atoms with Crippen molar-refractivity contribution in [3.63, 3.8) is 0 Å². The number of carbonyl (C=O) groups excluding carboxylic acids is 3. The normalized spacial score (nSPS) is 16.7. The number of thiol groups is 2. The highest BCUT2D eigenvalue weighted by Gasteiger charge is 2.44. The van der Waals surface area contributed by atoms with Gasteiger partial charge in [0.1, 0.15) is 25.2 Å². The second-order valence-electron chi connectivity index (χ2n) is 21.9. The van der Waals surface area contributed by atoms with Crippen molar-refractivity contribution in [2.75, 3.05) is 96.0 Å². The van der Waals surface area contributed by atoms with Gasteiger partial charge in [-0.25, -0.2) is 33.1 Å². The molecular weight excluding hydrogens is 1520 g/mol. The number of fused-ring (bicyclic) bond motifs is 2. The number of unbranched alkanes of at least 4 members (excludes halogenated alkanes) is 1. The molecule has 3 aromatic rings. The van der Waals surface area contributed by atoms with Crippen molar-refractivity contribution < 1.29 is 139 Å². The van der Waals surface area contributed by atoms with Crippen LogP contribution in [0.5, 0.6) is 0 Å². The summed E-state index contributed by atoms with van der Waals surface area (Å²) in [5, 5.41) is 12.5. The molecule has 3 heterocycles. The number of benzene rings is 3. The van der Waals surface area contributed by atoms with Crippen LogP contribution in [0.15, 0.2) is 67.7 Å². The number of hydrogen-bond acceptors (Lipinski definition) is 29. The number of carbonyl (C=O) groups is 4. The number of esters is 1. The fourth-order valence-electron chi connectivity index (χ4n) is 9.16. The van der Waals surface area contributed by atoms with Gasteiger partial charge in [0.15, 0.2) is 22.0 Å². The second-order valence-corrected chi connectivity index (χ2v) is 33.6. The predicted molar refractivity (Wildman–Crippen MR) is 369 cm³/mol. The van der Waals surface area contributed by atoms with Gasteiger partial charge >= 0.3 is 57.3 Å². The van der Waals surface area contributed by atoms with Crippen LogP contribution < -0.4 is 32.8 Å². The molecule has 3 unspecified atom stereocenters. The van der Waals surface area contributed by atoms with Crippen molar-refractivity contribution in [3.05, 3.63) is 81.2 Å². The van der Waals surface area contributed by atoms with Gasteiger partial charge in [-0.2, -0.15) is 55.7 Å². The maximum absolute atomic E-state index is 13.4. The number of phosphoric acid groups is 3. The Morgan fingerprint density at radius 3 is 2.18 bits per heavy atom. The number of ether oxygens (including phenoxy) is 7. The van der Waals surface area contributed by atoms with Crippen molar-refractivity contribution >= 4 is 136 Å². The molecule has 45 heteroatoms. The first-order chi connectivity index (χ1) is 47.2. The molecule has 560 valence electrons. The maximum Gasteiger partial charge on any atom is 0.490 e. The highest BCUT2D eigenvalue weighted by molar-refractivity contribution is 8.28. The number of hydrogen-bond donors (Lipinski definition) is 13. The van der Waals surface area contributed by atoms with Crippen molar-refractivity contribution in [2.45, 2.75) is 98.2 Å². The van der Waals surface area contributed by atoms with E-state index in [2.05, 4.69) is 61.0 Å². The lowest BCUT2D eigenvalue weighted by Crippen LogP contribution is -2.72. The Morgan fingerprint density at radius 2 is 1.54 bits per heavy atom. The van der Waals surface area contributed by atoms with E-state index in [1.165, 1.54) is 49.6 Å². The van der Waals surface area contributed by atoms with Crippen LogP contribution in [0.3, 0.4) is 0 Å². The molecule has 0 radical (unpaired) electrons. The Kier molecular flexibility index (Phi) is 33.1. The number of alkyl carbamates (subject to hydrolysis) is 1. The Balaban J connectivity index is 0.000000370. The highest BCUT2D eigenvalue weighted by Crippen LogP contribution is 2.66. The van der Waals surface area contributed by atoms with Gasteiger partial charge < -0.3 is 79.0 Å². The fraction of sp³-hybridized carbons (Fsp3) is 0.482. The third kappa shape index (κ3) is 28.1. The number of phosphoric ester groups is 1. The number of nitrogen functional groups attached to an aromatic ring is 2. The van der Waals surface area contributed by atoms with Crippen LogP contribution in [-0.2, 0) is 106 Å². The minimum atomic E-state index is -5.74. The summed E-state index contributed by atoms with van der Waals surface area (Å²) in [6.45, 7) is 5.08. The molecule has 6 rings (SSSR count). The number of aromatic carboxylic acids is 1. The van der Waals surface area contributed by atoms with Crippen molar-refractivity contribution in [3.8, 4) is 34.3 Å². The Morgan fingerprint density at radius 1 is 0.871 bits per heavy atom. The van der Waals surface area contributed by atoms with E-state index < -0.39 is 135 Å². The molecule has 1 aliphatic carbocycles. The average Bonchev–Trinajstić information content (AvgIpc) is 1.11. The Labute approximate surface area is 596 Å². The standard InChI is InChI=1S/C35H41N3O14S3.C21H34N3O16P3S3/c1-35(2,53)12-15-51-34(42)38-13-16-50-18-17-49-14-4-5-27(39)20-6-7-21(33(40)41)24(19-20)28-22-8-10-25(36)31(54(43,44)45)29(22)52-30-23(28)9-11-26(37-3)32(30)55(46,47)48;1-46(45)14-36-16-10-18(38-17(16)12-37-42(30,31)40-43(32,33)39-41(27,28)29)24-11-15(20(22)23-21(24)26)6-2-3-7-19(25)35-9-5-4-8-34-13-44/h6-11,19,53H,4-5,12-18,36H2,1-3H3,(H,38,42)(H,40,41)(H,43,44,45)(H,46,47,48);11,16-18,44H,3-5,7-10,12-14H2,1H3,(H,30,31)(H,32,33)(H2,22,23,26)(H2,27,28,29)/p+1/t;16-,17+,18+,46?/m.0/s1. The lowest BCUT2D eigenvalue weighted by molar-refractivity contribution is -0.467. The molecule has 1 fully saturated rings. The van der Waals surface area contributed by atoms with Gasteiger partial charge in [-0.05, 0) is 79.0 Å². The monoisotopic (exact) mass is 1600 g/mol. The molecule has 2 aromatic carbocycles. The average molecular weight is 1600 g/mol. The van der Waals surface area contributed by atoms with Gasteiger partial charge in [-0.1, -0.05) is 41.2 Å². The van der Waals surface area contributed by atoms with Gasteiger partial charge in [-0.15, -0.1) is 0 Å². The van der Waals surface area contributed by atoms with Gasteiger partial charge in [0.2, 0.25) is 10.3 Å². The van der Waals surface area contributed by atoms with Crippen LogP contribution in [-0.4, -0.2) is 186 Å². The van der Waals surface area contributed by atoms with E-state index in [1.54, 1.807) is 6.26 Å². The summed E-state index contributed by atoms with van der Waals surface area (Å²) >= 11 is 13.4. The smallest absolute Gasteiger partial charge is 0.478 e. The lowest BCUT2D eigenvalue weighted by Gasteiger charge is -2.21. The minimum absolute atomic E-state index is 0.0110. The molecule has 13 N–H and O–H groups in total. The molecule has 1 aromatic heterocycles. The zero-order valence-electron chi connectivity index (χ0n) is 54.2. The van der Waals surface area contributed by atoms with Crippen LogP contribution in [0.25, 0.3) is 33.4 Å². The number of ketones is 1. The van der Waals surface area contributed by atoms with Gasteiger partial charge in [0, 0.05) is 78.1 Å². The van der Waals surface area contributed by atoms with Gasteiger partial charge in [0.25, 0.3) is 10.1 Å². The molecule has 36 nitrogen and oxygen atoms in total. The number of carboxylic acid groups (broad SMARTS) is 1. The number of nitrogens with two attached hydrogens (primary N) is 2. The topological polar surface area (TPSA) is 548 Å². The van der Waals surface area contributed by atoms with Crippen LogP contribution in [0.1, 0.15) is 97.7 Å². The van der Waals surface area contributed by atoms with Crippen LogP contribution in [0.2, 0.25) is 0 Å². The number of amides is 1. The summed E-state index contributed by atoms with van der Waals surface area (Å²) < 4.78 is 162. The number of nitrogens with zero attached hydrogens (tertiary/aromatic N) is 2. The van der Waals surface area contributed by atoms with E-state index in [0.29, 0.717) is 25.4 Å². The van der Waals surface area contributed by atoms with Crippen LogP contribution in [0, 0.1) is 11.8 Å². The number of aromatic nitrogens is 2. The first-order valence-corrected chi connectivity index (χ1v) is 40.9. The van der Waals surface area contributed by atoms with E-state index in [1.807, 2.05) is 13.8 Å². The molecule has 2 aliphatic heterocycles. The third-order valence-electron chi connectivity index (χ3n) is 13.6. The van der Waals surface area contributed by atoms with E-state index in [0.717, 1.165) is 17.1 Å². The summed E-state index contributed by atoms with van der Waals surface area (Å²) in [6, 6.07) is 8.79. The summed E-state index contributed by atoms with van der Waals surface area (Å²) in [5.41, 5.74) is 9.37.